The van der Waals surface area contributed by atoms with Crippen LogP contribution in [0.4, 0.5) is 10.8 Å². The van der Waals surface area contributed by atoms with Crippen LogP contribution in [0.15, 0.2) is 22.5 Å². The van der Waals surface area contributed by atoms with Crippen molar-refractivity contribution in [2.75, 3.05) is 28.2 Å². The highest BCUT2D eigenvalue weighted by molar-refractivity contribution is 8.01. The Labute approximate surface area is 176 Å². The molecule has 2 heterocycles. The van der Waals surface area contributed by atoms with Crippen LogP contribution in [0.3, 0.4) is 0 Å². The first-order valence-corrected chi connectivity index (χ1v) is 12.5. The van der Waals surface area contributed by atoms with E-state index in [0.717, 1.165) is 22.8 Å². The molecule has 1 aromatic heterocycles. The summed E-state index contributed by atoms with van der Waals surface area (Å²) in [7, 11) is -3.55. The minimum absolute atomic E-state index is 0.0952. The summed E-state index contributed by atoms with van der Waals surface area (Å²) >= 11 is 8.89. The van der Waals surface area contributed by atoms with E-state index < -0.39 is 22.0 Å². The number of nitrogens with zero attached hydrogens (tertiary/aromatic N) is 3. The number of fused-ring (bicyclic) bond motifs is 1. The van der Waals surface area contributed by atoms with E-state index in [-0.39, 0.29) is 18.7 Å². The van der Waals surface area contributed by atoms with Gasteiger partial charge in [-0.1, -0.05) is 41.6 Å². The maximum atomic E-state index is 12.7. The van der Waals surface area contributed by atoms with Crippen LogP contribution in [-0.2, 0) is 14.8 Å². The smallest absolute Gasteiger partial charge is 0.267 e. The molecule has 8 nitrogen and oxygen atoms in total. The predicted molar refractivity (Wildman–Crippen MR) is 112 cm³/mol. The van der Waals surface area contributed by atoms with Crippen LogP contribution in [0.1, 0.15) is 19.8 Å². The number of carbonyl (C=O) groups excluding carboxylic acids is 1. The molecule has 1 atom stereocenters. The van der Waals surface area contributed by atoms with Gasteiger partial charge in [-0.15, -0.1) is 10.2 Å². The number of thioether (sulfide) groups is 1. The van der Waals surface area contributed by atoms with E-state index in [1.54, 1.807) is 23.9 Å². The average Bonchev–Trinajstić information content (AvgIpc) is 2.96. The van der Waals surface area contributed by atoms with Gasteiger partial charge in [0, 0.05) is 23.7 Å². The summed E-state index contributed by atoms with van der Waals surface area (Å²) in [4.78, 5) is 12.7. The zero-order valence-electron chi connectivity index (χ0n) is 15.2. The summed E-state index contributed by atoms with van der Waals surface area (Å²) in [6.45, 7) is 2.17. The number of anilines is 2. The molecular weight excluding hydrogens is 444 g/mol. The summed E-state index contributed by atoms with van der Waals surface area (Å²) in [6.07, 6.45) is 1.43. The van der Waals surface area contributed by atoms with Crippen molar-refractivity contribution in [2.24, 2.45) is 0 Å². The van der Waals surface area contributed by atoms with Crippen LogP contribution in [0, 0.1) is 0 Å². The number of benzene rings is 1. The van der Waals surface area contributed by atoms with Crippen LogP contribution < -0.4 is 14.4 Å². The van der Waals surface area contributed by atoms with E-state index >= 15 is 0 Å². The second-order valence-electron chi connectivity index (χ2n) is 6.05. The zero-order valence-corrected chi connectivity index (χ0v) is 18.4. The lowest BCUT2D eigenvalue weighted by atomic mass is 10.2. The van der Waals surface area contributed by atoms with Gasteiger partial charge in [-0.05, 0) is 24.6 Å². The second kappa shape index (κ2) is 8.85. The van der Waals surface area contributed by atoms with Crippen LogP contribution in [0.5, 0.6) is 5.75 Å². The number of halogens is 1. The van der Waals surface area contributed by atoms with Crippen molar-refractivity contribution >= 4 is 61.4 Å². The van der Waals surface area contributed by atoms with Crippen LogP contribution in [0.2, 0.25) is 5.02 Å². The van der Waals surface area contributed by atoms with Crippen molar-refractivity contribution in [1.29, 1.82) is 0 Å². The normalized spacial score (nSPS) is 16.8. The van der Waals surface area contributed by atoms with Crippen LogP contribution in [0.25, 0.3) is 0 Å². The third-order valence-corrected chi connectivity index (χ3v) is 7.41. The van der Waals surface area contributed by atoms with Gasteiger partial charge in [-0.2, -0.15) is 0 Å². The molecule has 0 aliphatic carbocycles. The predicted octanol–water partition coefficient (Wildman–Crippen LogP) is 3.25. The molecule has 12 heteroatoms. The maximum absolute atomic E-state index is 12.7. The monoisotopic (exact) mass is 462 g/mol. The Morgan fingerprint density at radius 1 is 1.46 bits per heavy atom. The fourth-order valence-electron chi connectivity index (χ4n) is 2.58. The van der Waals surface area contributed by atoms with Crippen molar-refractivity contribution in [3.8, 4) is 5.75 Å². The highest BCUT2D eigenvalue weighted by Crippen LogP contribution is 2.36. The van der Waals surface area contributed by atoms with Gasteiger partial charge in [-0.25, -0.2) is 8.42 Å². The Morgan fingerprint density at radius 3 is 2.96 bits per heavy atom. The van der Waals surface area contributed by atoms with E-state index in [1.165, 1.54) is 21.7 Å². The molecule has 152 valence electrons. The standard InChI is InChI=1S/C16H19ClN4O4S3/c1-3-8-26-16-20-19-15(27-16)18-14(22)13-6-7-21(28(2,23)24)11-9-10(17)4-5-12(11)25-13/h4-5,9,13H,3,6-8H2,1-2H3,(H,18,19,22). The molecule has 2 aromatic rings. The number of nitrogens with one attached hydrogen (secondary N) is 1. The number of hydrogen-bond donors (Lipinski definition) is 1. The first-order valence-electron chi connectivity index (χ1n) is 8.49. The van der Waals surface area contributed by atoms with E-state index in [1.807, 2.05) is 0 Å². The third kappa shape index (κ3) is 5.07. The Hall–Kier alpha value is -1.56. The van der Waals surface area contributed by atoms with Crippen LogP contribution >= 0.6 is 34.7 Å². The number of carbonyl (C=O) groups is 1. The molecule has 3 rings (SSSR count). The number of rotatable bonds is 6. The molecule has 1 aliphatic rings. The summed E-state index contributed by atoms with van der Waals surface area (Å²) in [5, 5.41) is 11.5. The van der Waals surface area contributed by atoms with Crippen molar-refractivity contribution in [1.82, 2.24) is 10.2 Å². The van der Waals surface area contributed by atoms with Crippen molar-refractivity contribution in [2.45, 2.75) is 30.2 Å². The molecule has 1 unspecified atom stereocenters. The molecule has 28 heavy (non-hydrogen) atoms. The second-order valence-corrected chi connectivity index (χ2v) is 10.7. The Morgan fingerprint density at radius 2 is 2.25 bits per heavy atom. The lowest BCUT2D eigenvalue weighted by Gasteiger charge is -2.21. The topological polar surface area (TPSA) is 101 Å². The average molecular weight is 463 g/mol. The molecular formula is C16H19ClN4O4S3. The molecule has 1 aliphatic heterocycles. The molecule has 1 aromatic carbocycles. The number of ether oxygens (including phenoxy) is 1. The van der Waals surface area contributed by atoms with Gasteiger partial charge in [-0.3, -0.25) is 14.4 Å². The van der Waals surface area contributed by atoms with Gasteiger partial charge >= 0.3 is 0 Å². The minimum Gasteiger partial charge on any atom is -0.478 e. The maximum Gasteiger partial charge on any atom is 0.267 e. The fourth-order valence-corrected chi connectivity index (χ4v) is 5.36. The molecule has 1 amide bonds. The molecule has 0 saturated carbocycles. The lowest BCUT2D eigenvalue weighted by molar-refractivity contribution is -0.122. The summed E-state index contributed by atoms with van der Waals surface area (Å²) < 4.78 is 32.2. The lowest BCUT2D eigenvalue weighted by Crippen LogP contribution is -2.35. The van der Waals surface area contributed by atoms with Crippen molar-refractivity contribution < 1.29 is 17.9 Å². The first kappa shape index (κ1) is 21.2. The zero-order chi connectivity index (χ0) is 20.3. The molecule has 0 fully saturated rings. The molecule has 0 bridgehead atoms. The van der Waals surface area contributed by atoms with Gasteiger partial charge in [0.1, 0.15) is 5.75 Å². The summed E-state index contributed by atoms with van der Waals surface area (Å²) in [5.41, 5.74) is 0.319. The number of hydrogen-bond acceptors (Lipinski definition) is 8. The van der Waals surface area contributed by atoms with Gasteiger partial charge in [0.2, 0.25) is 15.2 Å². The Bertz CT molecular complexity index is 967. The van der Waals surface area contributed by atoms with Crippen LogP contribution in [-0.4, -0.2) is 49.2 Å². The van der Waals surface area contributed by atoms with Crippen molar-refractivity contribution in [3.05, 3.63) is 23.2 Å². The number of amides is 1. The molecule has 0 saturated heterocycles. The van der Waals surface area contributed by atoms with E-state index in [9.17, 15) is 13.2 Å². The van der Waals surface area contributed by atoms with Gasteiger partial charge < -0.3 is 4.74 Å². The largest absolute Gasteiger partial charge is 0.478 e. The Kier molecular flexibility index (Phi) is 6.69. The van der Waals surface area contributed by atoms with Gasteiger partial charge in [0.05, 0.1) is 11.9 Å². The summed E-state index contributed by atoms with van der Waals surface area (Å²) in [5.74, 6) is 0.804. The quantitative estimate of drug-likeness (QED) is 0.519. The highest BCUT2D eigenvalue weighted by atomic mass is 35.5. The van der Waals surface area contributed by atoms with E-state index in [2.05, 4.69) is 22.4 Å². The minimum atomic E-state index is -3.55. The highest BCUT2D eigenvalue weighted by Gasteiger charge is 2.31. The first-order chi connectivity index (χ1) is 13.3. The van der Waals surface area contributed by atoms with E-state index in [4.69, 9.17) is 16.3 Å². The molecule has 0 radical (unpaired) electrons. The van der Waals surface area contributed by atoms with E-state index in [0.29, 0.717) is 15.8 Å². The third-order valence-electron chi connectivity index (χ3n) is 3.81. The fraction of sp³-hybridized carbons (Fsp3) is 0.438. The SMILES string of the molecule is CCCSc1nnc(NC(=O)C2CCN(S(C)(=O)=O)c3cc(Cl)ccc3O2)s1. The molecule has 1 N–H and O–H groups in total. The summed E-state index contributed by atoms with van der Waals surface area (Å²) in [6, 6.07) is 4.66. The van der Waals surface area contributed by atoms with Crippen molar-refractivity contribution in [3.63, 3.8) is 0 Å². The van der Waals surface area contributed by atoms with Gasteiger partial charge in [0.15, 0.2) is 10.4 Å². The number of aromatic nitrogens is 2. The number of sulfonamides is 1. The van der Waals surface area contributed by atoms with Gasteiger partial charge in [0.25, 0.3) is 5.91 Å². The Balaban J connectivity index is 1.77. The molecule has 0 spiro atoms.